The number of nitrogens with one attached hydrogen (secondary N) is 1. The first-order chi connectivity index (χ1) is 13.7. The second kappa shape index (κ2) is 7.84. The van der Waals surface area contributed by atoms with Gasteiger partial charge in [-0.05, 0) is 43.2 Å². The van der Waals surface area contributed by atoms with Crippen LogP contribution in [0.1, 0.15) is 35.6 Å². The van der Waals surface area contributed by atoms with Crippen molar-refractivity contribution >= 4 is 16.9 Å². The first-order valence-electron chi connectivity index (χ1n) is 9.64. The fourth-order valence-electron chi connectivity index (χ4n) is 3.31. The molecule has 6 heteroatoms. The lowest BCUT2D eigenvalue weighted by Gasteiger charge is -2.26. The summed E-state index contributed by atoms with van der Waals surface area (Å²) in [6.07, 6.45) is 1.45. The van der Waals surface area contributed by atoms with Gasteiger partial charge in [0, 0.05) is 5.56 Å². The fourth-order valence-corrected chi connectivity index (χ4v) is 3.31. The minimum Gasteiger partial charge on any atom is -0.486 e. The summed E-state index contributed by atoms with van der Waals surface area (Å²) in [5.74, 6) is 1.27. The van der Waals surface area contributed by atoms with Crippen molar-refractivity contribution in [2.24, 2.45) is 0 Å². The number of nitrogens with zero attached hydrogens (tertiary/aromatic N) is 2. The van der Waals surface area contributed by atoms with E-state index in [0.29, 0.717) is 24.5 Å². The van der Waals surface area contributed by atoms with Crippen molar-refractivity contribution < 1.29 is 14.3 Å². The molecule has 0 aliphatic carbocycles. The van der Waals surface area contributed by atoms with Gasteiger partial charge in [-0.3, -0.25) is 4.79 Å². The van der Waals surface area contributed by atoms with Crippen molar-refractivity contribution in [1.29, 1.82) is 0 Å². The SMILES string of the molecule is CCc1nc2ccc(C(=O)NC[C@@H]3COc4ccccc4O3)cc2nc1CC. The minimum atomic E-state index is -0.224. The van der Waals surface area contributed by atoms with Gasteiger partial charge in [-0.2, -0.15) is 0 Å². The fraction of sp³-hybridized carbons (Fsp3) is 0.318. The highest BCUT2D eigenvalue weighted by Crippen LogP contribution is 2.30. The molecule has 1 aliphatic heterocycles. The van der Waals surface area contributed by atoms with Crippen LogP contribution in [0.25, 0.3) is 11.0 Å². The van der Waals surface area contributed by atoms with E-state index in [9.17, 15) is 4.79 Å². The summed E-state index contributed by atoms with van der Waals surface area (Å²) in [7, 11) is 0. The van der Waals surface area contributed by atoms with Crippen molar-refractivity contribution in [3.05, 3.63) is 59.4 Å². The molecule has 0 fully saturated rings. The first-order valence-corrected chi connectivity index (χ1v) is 9.64. The molecule has 4 rings (SSSR count). The third kappa shape index (κ3) is 3.63. The Kier molecular flexibility index (Phi) is 5.10. The molecule has 0 saturated carbocycles. The largest absolute Gasteiger partial charge is 0.486 e. The number of aromatic nitrogens is 2. The maximum atomic E-state index is 12.6. The monoisotopic (exact) mass is 377 g/mol. The molecule has 0 spiro atoms. The van der Waals surface area contributed by atoms with E-state index in [4.69, 9.17) is 14.5 Å². The zero-order valence-electron chi connectivity index (χ0n) is 16.1. The molecule has 6 nitrogen and oxygen atoms in total. The molecule has 1 N–H and O–H groups in total. The van der Waals surface area contributed by atoms with E-state index >= 15 is 0 Å². The number of aryl methyl sites for hydroxylation is 2. The third-order valence-corrected chi connectivity index (χ3v) is 4.81. The number of hydrogen-bond acceptors (Lipinski definition) is 5. The van der Waals surface area contributed by atoms with Crippen LogP contribution < -0.4 is 14.8 Å². The highest BCUT2D eigenvalue weighted by atomic mass is 16.6. The van der Waals surface area contributed by atoms with Gasteiger partial charge in [-0.15, -0.1) is 0 Å². The van der Waals surface area contributed by atoms with Crippen molar-refractivity contribution in [2.75, 3.05) is 13.2 Å². The number of fused-ring (bicyclic) bond motifs is 2. The Morgan fingerprint density at radius 2 is 1.75 bits per heavy atom. The summed E-state index contributed by atoms with van der Waals surface area (Å²) in [5.41, 5.74) is 4.12. The molecule has 28 heavy (non-hydrogen) atoms. The van der Waals surface area contributed by atoms with E-state index in [0.717, 1.165) is 41.0 Å². The van der Waals surface area contributed by atoms with E-state index in [1.54, 1.807) is 12.1 Å². The molecule has 0 radical (unpaired) electrons. The molecule has 1 atom stereocenters. The van der Waals surface area contributed by atoms with Crippen LogP contribution >= 0.6 is 0 Å². The van der Waals surface area contributed by atoms with Crippen molar-refractivity contribution in [3.8, 4) is 11.5 Å². The number of rotatable bonds is 5. The van der Waals surface area contributed by atoms with Crippen LogP contribution in [0.2, 0.25) is 0 Å². The number of carbonyl (C=O) groups is 1. The summed E-state index contributed by atoms with van der Waals surface area (Å²) in [4.78, 5) is 22.0. The molecule has 1 aromatic heterocycles. The highest BCUT2D eigenvalue weighted by Gasteiger charge is 2.21. The van der Waals surface area contributed by atoms with Gasteiger partial charge < -0.3 is 14.8 Å². The number of ether oxygens (including phenoxy) is 2. The quantitative estimate of drug-likeness (QED) is 0.738. The second-order valence-corrected chi connectivity index (χ2v) is 6.74. The topological polar surface area (TPSA) is 73.3 Å². The summed E-state index contributed by atoms with van der Waals surface area (Å²) < 4.78 is 11.6. The number of para-hydroxylation sites is 2. The van der Waals surface area contributed by atoms with Crippen LogP contribution in [-0.2, 0) is 12.8 Å². The van der Waals surface area contributed by atoms with Crippen LogP contribution in [0, 0.1) is 0 Å². The molecule has 2 heterocycles. The van der Waals surface area contributed by atoms with E-state index in [-0.39, 0.29) is 12.0 Å². The van der Waals surface area contributed by atoms with Crippen LogP contribution in [-0.4, -0.2) is 35.1 Å². The lowest BCUT2D eigenvalue weighted by molar-refractivity contribution is 0.0789. The standard InChI is InChI=1S/C22H23N3O3/c1-3-16-17(4-2)25-19-11-14(9-10-18(19)24-16)22(26)23-12-15-13-27-20-7-5-6-8-21(20)28-15/h5-11,15H,3-4,12-13H2,1-2H3,(H,23,26)/t15-/m1/s1. The van der Waals surface area contributed by atoms with Gasteiger partial charge in [-0.1, -0.05) is 26.0 Å². The zero-order valence-corrected chi connectivity index (χ0v) is 16.1. The van der Waals surface area contributed by atoms with Crippen molar-refractivity contribution in [1.82, 2.24) is 15.3 Å². The van der Waals surface area contributed by atoms with E-state index < -0.39 is 0 Å². The second-order valence-electron chi connectivity index (χ2n) is 6.74. The molecule has 0 saturated heterocycles. The molecule has 144 valence electrons. The average Bonchev–Trinajstić information content (AvgIpc) is 2.75. The van der Waals surface area contributed by atoms with E-state index in [1.165, 1.54) is 0 Å². The molecule has 1 aliphatic rings. The molecular formula is C22H23N3O3. The number of benzene rings is 2. The Hall–Kier alpha value is -3.15. The maximum Gasteiger partial charge on any atom is 0.251 e. The predicted molar refractivity (Wildman–Crippen MR) is 107 cm³/mol. The highest BCUT2D eigenvalue weighted by molar-refractivity contribution is 5.97. The Balaban J connectivity index is 1.45. The van der Waals surface area contributed by atoms with Gasteiger partial charge in [0.1, 0.15) is 12.7 Å². The minimum absolute atomic E-state index is 0.163. The average molecular weight is 377 g/mol. The molecule has 2 aromatic carbocycles. The van der Waals surface area contributed by atoms with Gasteiger partial charge >= 0.3 is 0 Å². The summed E-state index contributed by atoms with van der Waals surface area (Å²) in [6, 6.07) is 13.0. The lowest BCUT2D eigenvalue weighted by atomic mass is 10.1. The Morgan fingerprint density at radius 3 is 2.50 bits per heavy atom. The normalized spacial score (nSPS) is 15.4. The van der Waals surface area contributed by atoms with Crippen LogP contribution in [0.5, 0.6) is 11.5 Å². The van der Waals surface area contributed by atoms with E-state index in [1.807, 2.05) is 30.3 Å². The molecule has 0 unspecified atom stereocenters. The van der Waals surface area contributed by atoms with Crippen LogP contribution in [0.3, 0.4) is 0 Å². The number of hydrogen-bond donors (Lipinski definition) is 1. The predicted octanol–water partition coefficient (Wildman–Crippen LogP) is 3.32. The van der Waals surface area contributed by atoms with Gasteiger partial charge in [0.05, 0.1) is 29.0 Å². The molecule has 0 bridgehead atoms. The Labute approximate surface area is 163 Å². The summed E-state index contributed by atoms with van der Waals surface area (Å²) >= 11 is 0. The van der Waals surface area contributed by atoms with Crippen molar-refractivity contribution in [2.45, 2.75) is 32.8 Å². The number of amides is 1. The van der Waals surface area contributed by atoms with Gasteiger partial charge in [0.2, 0.25) is 0 Å². The Bertz CT molecular complexity index is 1020. The number of carbonyl (C=O) groups excluding carboxylic acids is 1. The third-order valence-electron chi connectivity index (χ3n) is 4.81. The Morgan fingerprint density at radius 1 is 1.04 bits per heavy atom. The summed E-state index contributed by atoms with van der Waals surface area (Å²) in [5, 5.41) is 2.92. The maximum absolute atomic E-state index is 12.6. The van der Waals surface area contributed by atoms with Gasteiger partial charge in [0.15, 0.2) is 11.5 Å². The van der Waals surface area contributed by atoms with Crippen LogP contribution in [0.4, 0.5) is 0 Å². The first kappa shape index (κ1) is 18.2. The van der Waals surface area contributed by atoms with E-state index in [2.05, 4.69) is 24.1 Å². The summed E-state index contributed by atoms with van der Waals surface area (Å²) in [6.45, 7) is 4.91. The molecule has 1 amide bonds. The molecule has 3 aromatic rings. The van der Waals surface area contributed by atoms with Crippen LogP contribution in [0.15, 0.2) is 42.5 Å². The zero-order chi connectivity index (χ0) is 19.5. The smallest absolute Gasteiger partial charge is 0.251 e. The van der Waals surface area contributed by atoms with Gasteiger partial charge in [0.25, 0.3) is 5.91 Å². The van der Waals surface area contributed by atoms with Gasteiger partial charge in [-0.25, -0.2) is 9.97 Å². The van der Waals surface area contributed by atoms with Crippen molar-refractivity contribution in [3.63, 3.8) is 0 Å². The lowest BCUT2D eigenvalue weighted by Crippen LogP contribution is -2.40. The molecular weight excluding hydrogens is 354 g/mol.